The molecular formula is C17H14OS. The van der Waals surface area contributed by atoms with Gasteiger partial charge in [0.25, 0.3) is 0 Å². The van der Waals surface area contributed by atoms with Crippen LogP contribution in [0.15, 0.2) is 59.5 Å². The molecule has 2 heteroatoms. The molecule has 3 aromatic rings. The molecule has 0 unspecified atom stereocenters. The lowest BCUT2D eigenvalue weighted by Gasteiger charge is -2.09. The number of rotatable bonds is 3. The molecule has 0 atom stereocenters. The Morgan fingerprint density at radius 2 is 1.58 bits per heavy atom. The van der Waals surface area contributed by atoms with Gasteiger partial charge in [0.1, 0.15) is 5.78 Å². The van der Waals surface area contributed by atoms with Gasteiger partial charge in [0.15, 0.2) is 0 Å². The Morgan fingerprint density at radius 3 is 2.32 bits per heavy atom. The van der Waals surface area contributed by atoms with E-state index in [0.717, 1.165) is 0 Å². The van der Waals surface area contributed by atoms with Gasteiger partial charge in [-0.25, -0.2) is 0 Å². The van der Waals surface area contributed by atoms with Crippen molar-refractivity contribution in [1.82, 2.24) is 0 Å². The zero-order chi connectivity index (χ0) is 13.2. The first-order chi connectivity index (χ1) is 9.25. The zero-order valence-electron chi connectivity index (χ0n) is 10.7. The van der Waals surface area contributed by atoms with Crippen LogP contribution in [0.5, 0.6) is 0 Å². The number of carbonyl (C=O) groups excluding carboxylic acids is 1. The van der Waals surface area contributed by atoms with Crippen molar-refractivity contribution in [2.45, 2.75) is 11.8 Å². The van der Waals surface area contributed by atoms with Crippen molar-refractivity contribution in [1.29, 1.82) is 0 Å². The molecule has 19 heavy (non-hydrogen) atoms. The van der Waals surface area contributed by atoms with E-state index in [-0.39, 0.29) is 5.78 Å². The Labute approximate surface area is 116 Å². The highest BCUT2D eigenvalue weighted by molar-refractivity contribution is 8.00. The lowest BCUT2D eigenvalue weighted by atomic mass is 10.0. The van der Waals surface area contributed by atoms with E-state index in [2.05, 4.69) is 54.6 Å². The average Bonchev–Trinajstić information content (AvgIpc) is 2.44. The smallest absolute Gasteiger partial charge is 0.140 e. The van der Waals surface area contributed by atoms with E-state index in [4.69, 9.17) is 0 Å². The standard InChI is InChI=1S/C17H14OS/c1-12(18)11-19-17-10-13-6-2-3-7-14(13)15-8-4-5-9-16(15)17/h2-10H,11H2,1H3. The average molecular weight is 266 g/mol. The SMILES string of the molecule is CC(=O)CSc1cc2ccccc2c2ccccc12. The Kier molecular flexibility index (Phi) is 3.26. The van der Waals surface area contributed by atoms with Crippen LogP contribution < -0.4 is 0 Å². The predicted molar refractivity (Wildman–Crippen MR) is 82.9 cm³/mol. The minimum atomic E-state index is 0.210. The van der Waals surface area contributed by atoms with E-state index in [1.165, 1.54) is 26.4 Å². The van der Waals surface area contributed by atoms with Gasteiger partial charge in [0.05, 0.1) is 5.75 Å². The molecule has 0 amide bonds. The van der Waals surface area contributed by atoms with Crippen molar-refractivity contribution in [2.75, 3.05) is 5.75 Å². The van der Waals surface area contributed by atoms with Crippen molar-refractivity contribution in [3.8, 4) is 0 Å². The second-order valence-corrected chi connectivity index (χ2v) is 5.65. The second kappa shape index (κ2) is 5.06. The molecule has 0 bridgehead atoms. The molecule has 0 spiro atoms. The van der Waals surface area contributed by atoms with E-state index in [1.807, 2.05) is 0 Å². The molecule has 0 aliphatic rings. The van der Waals surface area contributed by atoms with Gasteiger partial charge in [-0.05, 0) is 34.5 Å². The highest BCUT2D eigenvalue weighted by Gasteiger charge is 2.07. The fourth-order valence-electron chi connectivity index (χ4n) is 2.32. The zero-order valence-corrected chi connectivity index (χ0v) is 11.5. The van der Waals surface area contributed by atoms with E-state index in [9.17, 15) is 4.79 Å². The molecule has 0 aliphatic heterocycles. The lowest BCUT2D eigenvalue weighted by molar-refractivity contribution is -0.114. The Morgan fingerprint density at radius 1 is 0.947 bits per heavy atom. The molecule has 0 aliphatic carbocycles. The molecule has 0 saturated heterocycles. The number of ketones is 1. The first-order valence-electron chi connectivity index (χ1n) is 6.28. The fourth-order valence-corrected chi connectivity index (χ4v) is 3.22. The largest absolute Gasteiger partial charge is 0.299 e. The molecular weight excluding hydrogens is 252 g/mol. The first kappa shape index (κ1) is 12.2. The van der Waals surface area contributed by atoms with Crippen LogP contribution in [0.2, 0.25) is 0 Å². The molecule has 0 radical (unpaired) electrons. The molecule has 3 aromatic carbocycles. The number of hydrogen-bond acceptors (Lipinski definition) is 2. The van der Waals surface area contributed by atoms with Crippen molar-refractivity contribution in [3.05, 3.63) is 54.6 Å². The van der Waals surface area contributed by atoms with Crippen LogP contribution in [-0.2, 0) is 4.79 Å². The first-order valence-corrected chi connectivity index (χ1v) is 7.27. The fraction of sp³-hybridized carbons (Fsp3) is 0.118. The topological polar surface area (TPSA) is 17.1 Å². The van der Waals surface area contributed by atoms with E-state index >= 15 is 0 Å². The summed E-state index contributed by atoms with van der Waals surface area (Å²) in [6.07, 6.45) is 0. The van der Waals surface area contributed by atoms with Gasteiger partial charge < -0.3 is 0 Å². The van der Waals surface area contributed by atoms with Crippen LogP contribution in [-0.4, -0.2) is 11.5 Å². The van der Waals surface area contributed by atoms with Crippen molar-refractivity contribution < 1.29 is 4.79 Å². The summed E-state index contributed by atoms with van der Waals surface area (Å²) in [6, 6.07) is 19.0. The lowest BCUT2D eigenvalue weighted by Crippen LogP contribution is -1.93. The predicted octanol–water partition coefficient (Wildman–Crippen LogP) is 4.67. The van der Waals surface area contributed by atoms with Gasteiger partial charge in [0, 0.05) is 4.90 Å². The van der Waals surface area contributed by atoms with Gasteiger partial charge in [0.2, 0.25) is 0 Å². The maximum absolute atomic E-state index is 11.2. The summed E-state index contributed by atoms with van der Waals surface area (Å²) in [5, 5.41) is 4.98. The van der Waals surface area contributed by atoms with Gasteiger partial charge in [-0.15, -0.1) is 11.8 Å². The highest BCUT2D eigenvalue weighted by atomic mass is 32.2. The molecule has 3 rings (SSSR count). The molecule has 1 nitrogen and oxygen atoms in total. The van der Waals surface area contributed by atoms with Crippen molar-refractivity contribution in [3.63, 3.8) is 0 Å². The van der Waals surface area contributed by atoms with Crippen LogP contribution in [0, 0.1) is 0 Å². The van der Waals surface area contributed by atoms with Crippen LogP contribution in [0.4, 0.5) is 0 Å². The highest BCUT2D eigenvalue weighted by Crippen LogP contribution is 2.34. The number of thioether (sulfide) groups is 1. The number of benzene rings is 3. The number of fused-ring (bicyclic) bond motifs is 3. The van der Waals surface area contributed by atoms with E-state index < -0.39 is 0 Å². The Hall–Kier alpha value is -1.80. The van der Waals surface area contributed by atoms with Gasteiger partial charge in [-0.2, -0.15) is 0 Å². The molecule has 0 saturated carbocycles. The second-order valence-electron chi connectivity index (χ2n) is 4.63. The summed E-state index contributed by atoms with van der Waals surface area (Å²) in [5.74, 6) is 0.741. The van der Waals surface area contributed by atoms with E-state index in [1.54, 1.807) is 18.7 Å². The van der Waals surface area contributed by atoms with Crippen LogP contribution in [0.1, 0.15) is 6.92 Å². The third-order valence-electron chi connectivity index (χ3n) is 3.16. The molecule has 0 aromatic heterocycles. The minimum absolute atomic E-state index is 0.210. The van der Waals surface area contributed by atoms with Crippen LogP contribution in [0.25, 0.3) is 21.5 Å². The Bertz CT molecular complexity index is 761. The van der Waals surface area contributed by atoms with Gasteiger partial charge >= 0.3 is 0 Å². The summed E-state index contributed by atoms with van der Waals surface area (Å²) in [4.78, 5) is 12.4. The Balaban J connectivity index is 2.26. The van der Waals surface area contributed by atoms with Crippen molar-refractivity contribution in [2.24, 2.45) is 0 Å². The van der Waals surface area contributed by atoms with Crippen molar-refractivity contribution >= 4 is 39.1 Å². The summed E-state index contributed by atoms with van der Waals surface area (Å²) in [6.45, 7) is 1.64. The minimum Gasteiger partial charge on any atom is -0.299 e. The van der Waals surface area contributed by atoms with Gasteiger partial charge in [-0.1, -0.05) is 48.5 Å². The molecule has 0 fully saturated rings. The maximum Gasteiger partial charge on any atom is 0.140 e. The number of hydrogen-bond donors (Lipinski definition) is 0. The van der Waals surface area contributed by atoms with Gasteiger partial charge in [-0.3, -0.25) is 4.79 Å². The molecule has 0 heterocycles. The summed E-state index contributed by atoms with van der Waals surface area (Å²) < 4.78 is 0. The summed E-state index contributed by atoms with van der Waals surface area (Å²) in [5.41, 5.74) is 0. The molecule has 94 valence electrons. The normalized spacial score (nSPS) is 11.0. The third-order valence-corrected chi connectivity index (χ3v) is 4.36. The summed E-state index contributed by atoms with van der Waals surface area (Å²) in [7, 11) is 0. The quantitative estimate of drug-likeness (QED) is 0.506. The van der Waals surface area contributed by atoms with Crippen LogP contribution in [0.3, 0.4) is 0 Å². The monoisotopic (exact) mass is 266 g/mol. The number of carbonyl (C=O) groups is 1. The number of Topliss-reactive ketones (excluding diaryl/α,β-unsaturated/α-hetero) is 1. The van der Waals surface area contributed by atoms with Crippen LogP contribution >= 0.6 is 11.8 Å². The molecule has 0 N–H and O–H groups in total. The summed E-state index contributed by atoms with van der Waals surface area (Å²) >= 11 is 1.62. The maximum atomic E-state index is 11.2. The van der Waals surface area contributed by atoms with E-state index in [0.29, 0.717) is 5.75 Å². The third kappa shape index (κ3) is 2.36.